The van der Waals surface area contributed by atoms with E-state index in [1.54, 1.807) is 30.5 Å². The summed E-state index contributed by atoms with van der Waals surface area (Å²) < 4.78 is 7.61. The number of thioether (sulfide) groups is 1. The highest BCUT2D eigenvalue weighted by Crippen LogP contribution is 2.41. The fourth-order valence-electron chi connectivity index (χ4n) is 4.60. The summed E-state index contributed by atoms with van der Waals surface area (Å²) in [5, 5.41) is 23.0. The van der Waals surface area contributed by atoms with Gasteiger partial charge in [0.1, 0.15) is 11.4 Å². The number of allylic oxidation sites excluding steroid dienone is 3. The average molecular weight is 495 g/mol. The van der Waals surface area contributed by atoms with E-state index in [0.717, 1.165) is 44.3 Å². The van der Waals surface area contributed by atoms with Crippen molar-refractivity contribution < 1.29 is 19.7 Å². The van der Waals surface area contributed by atoms with Crippen molar-refractivity contribution in [3.8, 4) is 5.75 Å². The maximum Gasteiger partial charge on any atom is 0.198 e. The molecule has 0 bridgehead atoms. The van der Waals surface area contributed by atoms with Gasteiger partial charge in [0.25, 0.3) is 0 Å². The predicted molar refractivity (Wildman–Crippen MR) is 138 cm³/mol. The quantitative estimate of drug-likeness (QED) is 0.352. The number of aryl methyl sites for hydroxylation is 1. The van der Waals surface area contributed by atoms with Crippen LogP contribution < -0.4 is 4.74 Å². The zero-order valence-corrected chi connectivity index (χ0v) is 21.0. The Morgan fingerprint density at radius 3 is 2.63 bits per heavy atom. The number of imidazole rings is 1. The maximum absolute atomic E-state index is 13.3. The lowest BCUT2D eigenvalue weighted by Crippen LogP contribution is -2.29. The Labute approximate surface area is 211 Å². The van der Waals surface area contributed by atoms with Gasteiger partial charge in [0.15, 0.2) is 10.9 Å². The van der Waals surface area contributed by atoms with Gasteiger partial charge < -0.3 is 19.5 Å². The van der Waals surface area contributed by atoms with Crippen LogP contribution >= 0.6 is 11.8 Å². The van der Waals surface area contributed by atoms with Gasteiger partial charge in [-0.2, -0.15) is 0 Å². The molecule has 1 aromatic heterocycles. The van der Waals surface area contributed by atoms with E-state index in [2.05, 4.69) is 4.98 Å². The highest BCUT2D eigenvalue weighted by Gasteiger charge is 2.41. The number of hydrogen-bond donors (Lipinski definition) is 2. The number of ether oxygens (including phenoxy) is 1. The summed E-state index contributed by atoms with van der Waals surface area (Å²) >= 11 is 1.26. The van der Waals surface area contributed by atoms with Gasteiger partial charge in [0.2, 0.25) is 0 Å². The van der Waals surface area contributed by atoms with Crippen molar-refractivity contribution in [1.29, 1.82) is 0 Å². The molecule has 2 aliphatic rings. The largest absolute Gasteiger partial charge is 0.494 e. The van der Waals surface area contributed by atoms with Gasteiger partial charge in [-0.25, -0.2) is 4.98 Å². The molecule has 2 N–H and O–H groups in total. The van der Waals surface area contributed by atoms with Gasteiger partial charge in [0, 0.05) is 25.0 Å². The number of nitrogens with zero attached hydrogens (tertiary/aromatic N) is 2. The van der Waals surface area contributed by atoms with Crippen LogP contribution in [0.15, 0.2) is 82.7 Å². The molecule has 1 unspecified atom stereocenters. The number of Topliss-reactive ketones (excluding diaryl/α,β-unsaturated/α-hetero) is 1. The van der Waals surface area contributed by atoms with Crippen LogP contribution in [0.3, 0.4) is 0 Å². The second-order valence-electron chi connectivity index (χ2n) is 9.41. The number of rotatable bonds is 10. The molecule has 0 saturated heterocycles. The van der Waals surface area contributed by atoms with Gasteiger partial charge in [-0.05, 0) is 62.1 Å². The molecule has 1 heterocycles. The highest BCUT2D eigenvalue weighted by molar-refractivity contribution is 8.03. The number of hydrogen-bond acceptors (Lipinski definition) is 6. The van der Waals surface area contributed by atoms with Gasteiger partial charge >= 0.3 is 0 Å². The van der Waals surface area contributed by atoms with Crippen LogP contribution in [0.25, 0.3) is 0 Å². The van der Waals surface area contributed by atoms with Crippen molar-refractivity contribution in [1.82, 2.24) is 9.55 Å². The van der Waals surface area contributed by atoms with Crippen LogP contribution in [0.4, 0.5) is 0 Å². The molecule has 7 heteroatoms. The Kier molecular flexibility index (Phi) is 8.31. The Morgan fingerprint density at radius 2 is 1.91 bits per heavy atom. The molecule has 2 aromatic rings. The maximum atomic E-state index is 13.3. The summed E-state index contributed by atoms with van der Waals surface area (Å²) in [6.45, 7) is 0.540. The van der Waals surface area contributed by atoms with E-state index in [-0.39, 0.29) is 5.78 Å². The fourth-order valence-corrected chi connectivity index (χ4v) is 5.57. The van der Waals surface area contributed by atoms with Gasteiger partial charge in [-0.1, -0.05) is 55.7 Å². The van der Waals surface area contributed by atoms with Crippen molar-refractivity contribution in [3.63, 3.8) is 0 Å². The molecule has 0 aliphatic heterocycles. The van der Waals surface area contributed by atoms with E-state index in [1.807, 2.05) is 48.1 Å². The lowest BCUT2D eigenvalue weighted by atomic mass is 9.84. The van der Waals surface area contributed by atoms with Gasteiger partial charge in [-0.15, -0.1) is 0 Å². The summed E-state index contributed by atoms with van der Waals surface area (Å²) in [5.41, 5.74) is -1.85. The third kappa shape index (κ3) is 6.54. The van der Waals surface area contributed by atoms with Crippen molar-refractivity contribution >= 4 is 17.5 Å². The second kappa shape index (κ2) is 11.4. The molecule has 1 fully saturated rings. The molecular formula is C28H34N2O4S. The first-order valence-electron chi connectivity index (χ1n) is 12.3. The molecule has 6 nitrogen and oxygen atoms in total. The highest BCUT2D eigenvalue weighted by atomic mass is 32.2. The molecule has 1 aromatic carbocycles. The zero-order chi connectivity index (χ0) is 24.7. The molecule has 2 aliphatic carbocycles. The third-order valence-corrected chi connectivity index (χ3v) is 7.73. The number of carbonyl (C=O) groups is 1. The van der Waals surface area contributed by atoms with Crippen LogP contribution in [-0.4, -0.2) is 43.4 Å². The second-order valence-corrected chi connectivity index (χ2v) is 10.4. The zero-order valence-electron chi connectivity index (χ0n) is 20.2. The summed E-state index contributed by atoms with van der Waals surface area (Å²) in [4.78, 5) is 18.1. The standard InChI is InChI=1S/C28H34N2O4S/c1-30-19-18-29-26(30)35-24-21-28(33,17-8-9-20-34-22-11-4-2-5-12-22)23(25(24)31)13-10-16-27(32)14-6-3-7-15-27/h2,4-5,10-13,16,18-19,21,32-33H,3,6-9,14-15,17,20H2,1H3/b16-10-,23-13+. The van der Waals surface area contributed by atoms with Crippen molar-refractivity contribution in [3.05, 3.63) is 77.5 Å². The van der Waals surface area contributed by atoms with Crippen LogP contribution in [-0.2, 0) is 11.8 Å². The first-order valence-corrected chi connectivity index (χ1v) is 13.2. The van der Waals surface area contributed by atoms with E-state index < -0.39 is 11.2 Å². The van der Waals surface area contributed by atoms with Crippen LogP contribution in [0.1, 0.15) is 51.4 Å². The van der Waals surface area contributed by atoms with Crippen molar-refractivity contribution in [2.24, 2.45) is 7.05 Å². The third-order valence-electron chi connectivity index (χ3n) is 6.64. The lowest BCUT2D eigenvalue weighted by molar-refractivity contribution is -0.112. The van der Waals surface area contributed by atoms with Gasteiger partial charge in [0.05, 0.1) is 17.1 Å². The normalized spacial score (nSPS) is 23.2. The molecule has 0 spiro atoms. The minimum absolute atomic E-state index is 0.193. The SMILES string of the molecule is Cn1ccnc1SC1=CC(O)(CCCCOc2ccccc2)/C(=C/C=C\C2(O)CCCCC2)C1=O. The smallest absolute Gasteiger partial charge is 0.198 e. The van der Waals surface area contributed by atoms with E-state index in [9.17, 15) is 15.0 Å². The topological polar surface area (TPSA) is 84.6 Å². The van der Waals surface area contributed by atoms with E-state index in [1.165, 1.54) is 11.8 Å². The number of carbonyl (C=O) groups excluding carboxylic acids is 1. The van der Waals surface area contributed by atoms with Gasteiger partial charge in [-0.3, -0.25) is 4.79 Å². The average Bonchev–Trinajstić information content (AvgIpc) is 3.35. The molecule has 0 radical (unpaired) electrons. The number of para-hydroxylation sites is 1. The van der Waals surface area contributed by atoms with E-state index >= 15 is 0 Å². The Balaban J connectivity index is 1.46. The summed E-state index contributed by atoms with van der Waals surface area (Å²) in [5.74, 6) is 0.628. The Morgan fingerprint density at radius 1 is 1.14 bits per heavy atom. The number of unbranched alkanes of at least 4 members (excludes halogenated alkanes) is 1. The van der Waals surface area contributed by atoms with E-state index in [4.69, 9.17) is 4.74 Å². The lowest BCUT2D eigenvalue weighted by Gasteiger charge is -2.28. The predicted octanol–water partition coefficient (Wildman–Crippen LogP) is 5.14. The molecule has 4 rings (SSSR count). The number of aliphatic hydroxyl groups is 2. The molecule has 0 amide bonds. The van der Waals surface area contributed by atoms with Crippen LogP contribution in [0, 0.1) is 0 Å². The van der Waals surface area contributed by atoms with Crippen LogP contribution in [0.5, 0.6) is 5.75 Å². The number of benzene rings is 1. The van der Waals surface area contributed by atoms with Crippen LogP contribution in [0.2, 0.25) is 0 Å². The first kappa shape index (κ1) is 25.5. The Bertz CT molecular complexity index is 1100. The van der Waals surface area contributed by atoms with Crippen molar-refractivity contribution in [2.45, 2.75) is 67.7 Å². The summed E-state index contributed by atoms with van der Waals surface area (Å²) in [6.07, 6.45) is 16.8. The first-order chi connectivity index (χ1) is 16.9. The monoisotopic (exact) mass is 494 g/mol. The molecule has 1 atom stereocenters. The number of ketones is 1. The minimum Gasteiger partial charge on any atom is -0.494 e. The summed E-state index contributed by atoms with van der Waals surface area (Å²) in [7, 11) is 1.87. The molecular weight excluding hydrogens is 460 g/mol. The number of aromatic nitrogens is 2. The van der Waals surface area contributed by atoms with Crippen molar-refractivity contribution in [2.75, 3.05) is 6.61 Å². The van der Waals surface area contributed by atoms with E-state index in [0.29, 0.717) is 35.1 Å². The Hall–Kier alpha value is -2.61. The minimum atomic E-state index is -1.36. The molecule has 1 saturated carbocycles. The molecule has 186 valence electrons. The summed E-state index contributed by atoms with van der Waals surface area (Å²) in [6, 6.07) is 9.65. The fraction of sp³-hybridized carbons (Fsp3) is 0.429. The molecule has 35 heavy (non-hydrogen) atoms.